The number of benzene rings is 1. The Morgan fingerprint density at radius 1 is 1.14 bits per heavy atom. The first-order chi connectivity index (χ1) is 10.3. The van der Waals surface area contributed by atoms with E-state index in [0.29, 0.717) is 5.88 Å². The van der Waals surface area contributed by atoms with Gasteiger partial charge in [-0.2, -0.15) is 0 Å². The molecule has 0 aliphatic rings. The van der Waals surface area contributed by atoms with Crippen LogP contribution in [0.1, 0.15) is 23.4 Å². The standard InChI is InChI=1S/C17H18ClN3/c1-13-9-10-19-17-16(13)20-15(12-18)21(17)11-5-8-14-6-3-2-4-7-14/h2-4,6-7,9-10H,5,8,11-12H2,1H3. The summed E-state index contributed by atoms with van der Waals surface area (Å²) in [5.41, 5.74) is 4.42. The van der Waals surface area contributed by atoms with Crippen LogP contribution in [0.15, 0.2) is 42.6 Å². The zero-order valence-electron chi connectivity index (χ0n) is 12.1. The molecule has 1 aromatic carbocycles. The van der Waals surface area contributed by atoms with Crippen LogP contribution in [0.5, 0.6) is 0 Å². The second kappa shape index (κ2) is 6.27. The largest absolute Gasteiger partial charge is 0.312 e. The summed E-state index contributed by atoms with van der Waals surface area (Å²) >= 11 is 6.04. The van der Waals surface area contributed by atoms with Gasteiger partial charge in [-0.1, -0.05) is 30.3 Å². The number of alkyl halides is 1. The molecule has 0 N–H and O–H groups in total. The molecule has 3 nitrogen and oxygen atoms in total. The molecule has 0 aliphatic carbocycles. The highest BCUT2D eigenvalue weighted by Gasteiger charge is 2.12. The van der Waals surface area contributed by atoms with Gasteiger partial charge in [-0.25, -0.2) is 9.97 Å². The maximum atomic E-state index is 6.04. The van der Waals surface area contributed by atoms with Crippen LogP contribution in [0.25, 0.3) is 11.2 Å². The summed E-state index contributed by atoms with van der Waals surface area (Å²) in [6.45, 7) is 2.95. The van der Waals surface area contributed by atoms with Crippen molar-refractivity contribution in [3.8, 4) is 0 Å². The molecular formula is C17H18ClN3. The van der Waals surface area contributed by atoms with Crippen molar-refractivity contribution in [1.29, 1.82) is 0 Å². The van der Waals surface area contributed by atoms with E-state index in [9.17, 15) is 0 Å². The quantitative estimate of drug-likeness (QED) is 0.664. The van der Waals surface area contributed by atoms with E-state index in [1.54, 1.807) is 0 Å². The van der Waals surface area contributed by atoms with E-state index in [1.807, 2.05) is 18.3 Å². The fourth-order valence-electron chi connectivity index (χ4n) is 2.61. The van der Waals surface area contributed by atoms with Crippen LogP contribution in [0, 0.1) is 6.92 Å². The molecule has 4 heteroatoms. The smallest absolute Gasteiger partial charge is 0.160 e. The van der Waals surface area contributed by atoms with Crippen molar-refractivity contribution >= 4 is 22.8 Å². The number of aromatic nitrogens is 3. The predicted octanol–water partition coefficient (Wildman–Crippen LogP) is 4.11. The lowest BCUT2D eigenvalue weighted by Crippen LogP contribution is -2.04. The molecule has 0 fully saturated rings. The van der Waals surface area contributed by atoms with Gasteiger partial charge < -0.3 is 4.57 Å². The van der Waals surface area contributed by atoms with E-state index in [-0.39, 0.29) is 0 Å². The molecular weight excluding hydrogens is 282 g/mol. The molecule has 108 valence electrons. The monoisotopic (exact) mass is 299 g/mol. The Morgan fingerprint density at radius 2 is 1.95 bits per heavy atom. The van der Waals surface area contributed by atoms with E-state index in [1.165, 1.54) is 5.56 Å². The highest BCUT2D eigenvalue weighted by molar-refractivity contribution is 6.16. The Balaban J connectivity index is 1.81. The summed E-state index contributed by atoms with van der Waals surface area (Å²) < 4.78 is 2.15. The van der Waals surface area contributed by atoms with Crippen LogP contribution in [-0.2, 0) is 18.8 Å². The Hall–Kier alpha value is -1.87. The molecule has 0 atom stereocenters. The minimum absolute atomic E-state index is 0.418. The summed E-state index contributed by atoms with van der Waals surface area (Å²) in [6, 6.07) is 12.5. The van der Waals surface area contributed by atoms with Gasteiger partial charge in [0.2, 0.25) is 0 Å². The molecule has 3 rings (SSSR count). The second-order valence-corrected chi connectivity index (χ2v) is 5.47. The van der Waals surface area contributed by atoms with Crippen molar-refractivity contribution < 1.29 is 0 Å². The molecule has 0 spiro atoms. The number of fused-ring (bicyclic) bond motifs is 1. The third kappa shape index (κ3) is 2.93. The maximum Gasteiger partial charge on any atom is 0.160 e. The van der Waals surface area contributed by atoms with Crippen molar-refractivity contribution in [2.24, 2.45) is 0 Å². The van der Waals surface area contributed by atoms with Gasteiger partial charge in [0.05, 0.1) is 5.88 Å². The van der Waals surface area contributed by atoms with E-state index < -0.39 is 0 Å². The number of pyridine rings is 1. The zero-order valence-corrected chi connectivity index (χ0v) is 12.8. The molecule has 0 bridgehead atoms. The van der Waals surface area contributed by atoms with Gasteiger partial charge >= 0.3 is 0 Å². The third-order valence-corrected chi connectivity index (χ3v) is 3.96. The molecule has 0 aliphatic heterocycles. The summed E-state index contributed by atoms with van der Waals surface area (Å²) in [6.07, 6.45) is 3.94. The number of nitrogens with zero attached hydrogens (tertiary/aromatic N) is 3. The van der Waals surface area contributed by atoms with Gasteiger partial charge in [-0.3, -0.25) is 0 Å². The molecule has 0 unspecified atom stereocenters. The van der Waals surface area contributed by atoms with E-state index in [4.69, 9.17) is 11.6 Å². The van der Waals surface area contributed by atoms with Crippen LogP contribution >= 0.6 is 11.6 Å². The highest BCUT2D eigenvalue weighted by atomic mass is 35.5. The number of aryl methyl sites for hydroxylation is 3. The fourth-order valence-corrected chi connectivity index (χ4v) is 2.81. The predicted molar refractivity (Wildman–Crippen MR) is 86.6 cm³/mol. The summed E-state index contributed by atoms with van der Waals surface area (Å²) in [7, 11) is 0. The topological polar surface area (TPSA) is 30.7 Å². The van der Waals surface area contributed by atoms with Crippen molar-refractivity contribution in [3.63, 3.8) is 0 Å². The molecule has 2 heterocycles. The van der Waals surface area contributed by atoms with Gasteiger partial charge in [0.25, 0.3) is 0 Å². The van der Waals surface area contributed by atoms with Crippen molar-refractivity contribution in [3.05, 3.63) is 59.5 Å². The van der Waals surface area contributed by atoms with E-state index >= 15 is 0 Å². The Morgan fingerprint density at radius 3 is 2.71 bits per heavy atom. The number of imidazole rings is 1. The van der Waals surface area contributed by atoms with E-state index in [2.05, 4.69) is 45.7 Å². The fraction of sp³-hybridized carbons (Fsp3) is 0.294. The summed E-state index contributed by atoms with van der Waals surface area (Å²) in [4.78, 5) is 9.10. The third-order valence-electron chi connectivity index (χ3n) is 3.72. The van der Waals surface area contributed by atoms with Crippen molar-refractivity contribution in [1.82, 2.24) is 14.5 Å². The van der Waals surface area contributed by atoms with Gasteiger partial charge in [-0.05, 0) is 37.0 Å². The Labute approximate surface area is 129 Å². The van der Waals surface area contributed by atoms with Crippen LogP contribution < -0.4 is 0 Å². The van der Waals surface area contributed by atoms with Crippen LogP contribution in [0.4, 0.5) is 0 Å². The second-order valence-electron chi connectivity index (χ2n) is 5.20. The number of halogens is 1. The van der Waals surface area contributed by atoms with E-state index in [0.717, 1.165) is 41.9 Å². The minimum atomic E-state index is 0.418. The minimum Gasteiger partial charge on any atom is -0.312 e. The number of hydrogen-bond donors (Lipinski definition) is 0. The lowest BCUT2D eigenvalue weighted by Gasteiger charge is -2.07. The maximum absolute atomic E-state index is 6.04. The lowest BCUT2D eigenvalue weighted by atomic mass is 10.1. The van der Waals surface area contributed by atoms with Gasteiger partial charge in [-0.15, -0.1) is 11.6 Å². The van der Waals surface area contributed by atoms with Crippen molar-refractivity contribution in [2.75, 3.05) is 0 Å². The summed E-state index contributed by atoms with van der Waals surface area (Å²) in [5, 5.41) is 0. The summed E-state index contributed by atoms with van der Waals surface area (Å²) in [5.74, 6) is 1.32. The normalized spacial score (nSPS) is 11.1. The number of hydrogen-bond acceptors (Lipinski definition) is 2. The van der Waals surface area contributed by atoms with Crippen LogP contribution in [0.2, 0.25) is 0 Å². The molecule has 0 saturated heterocycles. The lowest BCUT2D eigenvalue weighted by molar-refractivity contribution is 0.634. The van der Waals surface area contributed by atoms with Crippen LogP contribution in [0.3, 0.4) is 0 Å². The molecule has 0 saturated carbocycles. The van der Waals surface area contributed by atoms with Crippen LogP contribution in [-0.4, -0.2) is 14.5 Å². The van der Waals surface area contributed by atoms with Gasteiger partial charge in [0, 0.05) is 12.7 Å². The first kappa shape index (κ1) is 14.1. The average molecular weight is 300 g/mol. The van der Waals surface area contributed by atoms with Gasteiger partial charge in [0.1, 0.15) is 11.3 Å². The molecule has 3 aromatic rings. The molecule has 21 heavy (non-hydrogen) atoms. The average Bonchev–Trinajstić information content (AvgIpc) is 2.88. The first-order valence-electron chi connectivity index (χ1n) is 7.20. The number of rotatable bonds is 5. The highest BCUT2D eigenvalue weighted by Crippen LogP contribution is 2.19. The van der Waals surface area contributed by atoms with Gasteiger partial charge in [0.15, 0.2) is 5.65 Å². The SMILES string of the molecule is Cc1ccnc2c1nc(CCl)n2CCCc1ccccc1. The molecule has 0 radical (unpaired) electrons. The Kier molecular flexibility index (Phi) is 4.20. The molecule has 0 amide bonds. The zero-order chi connectivity index (χ0) is 14.7. The molecule has 2 aromatic heterocycles. The first-order valence-corrected chi connectivity index (χ1v) is 7.73. The Bertz CT molecular complexity index is 734. The van der Waals surface area contributed by atoms with Crippen molar-refractivity contribution in [2.45, 2.75) is 32.2 Å².